The summed E-state index contributed by atoms with van der Waals surface area (Å²) in [5, 5.41) is 3.03. The Hall–Kier alpha value is -2.29. The lowest BCUT2D eigenvalue weighted by Crippen LogP contribution is -2.26. The fourth-order valence-electron chi connectivity index (χ4n) is 2.19. The summed E-state index contributed by atoms with van der Waals surface area (Å²) in [5.41, 5.74) is 9.87. The molecule has 0 spiro atoms. The first-order valence-corrected chi connectivity index (χ1v) is 7.25. The van der Waals surface area contributed by atoms with Gasteiger partial charge in [0.2, 0.25) is 5.91 Å². The van der Waals surface area contributed by atoms with Crippen LogP contribution in [0.5, 0.6) is 0 Å². The van der Waals surface area contributed by atoms with E-state index in [1.165, 1.54) is 5.56 Å². The fraction of sp³-hybridized carbons (Fsp3) is 0.278. The molecule has 0 bridgehead atoms. The third kappa shape index (κ3) is 4.63. The summed E-state index contributed by atoms with van der Waals surface area (Å²) in [5.74, 6) is 0.0694. The summed E-state index contributed by atoms with van der Waals surface area (Å²) in [7, 11) is 0. The fourth-order valence-corrected chi connectivity index (χ4v) is 2.19. The predicted octanol–water partition coefficient (Wildman–Crippen LogP) is 3.39. The number of rotatable bonds is 5. The van der Waals surface area contributed by atoms with Crippen LogP contribution in [-0.4, -0.2) is 5.91 Å². The maximum Gasteiger partial charge on any atom is 0.220 e. The number of carbonyl (C=O) groups excluding carboxylic acids is 1. The summed E-state index contributed by atoms with van der Waals surface area (Å²) in [6, 6.07) is 15.9. The molecule has 3 nitrogen and oxygen atoms in total. The molecule has 0 saturated heterocycles. The van der Waals surface area contributed by atoms with Crippen LogP contribution >= 0.6 is 0 Å². The van der Waals surface area contributed by atoms with E-state index in [2.05, 4.69) is 36.5 Å². The quantitative estimate of drug-likeness (QED) is 0.826. The molecule has 1 atom stereocenters. The van der Waals surface area contributed by atoms with E-state index in [1.54, 1.807) is 0 Å². The molecule has 1 amide bonds. The average Bonchev–Trinajstić information content (AvgIpc) is 2.47. The maximum atomic E-state index is 12.0. The lowest BCUT2D eigenvalue weighted by Gasteiger charge is -2.14. The van der Waals surface area contributed by atoms with Crippen LogP contribution in [0.15, 0.2) is 48.5 Å². The number of carbonyl (C=O) groups is 1. The second-order valence-corrected chi connectivity index (χ2v) is 5.44. The smallest absolute Gasteiger partial charge is 0.220 e. The monoisotopic (exact) mass is 282 g/mol. The molecule has 2 aromatic carbocycles. The lowest BCUT2D eigenvalue weighted by atomic mass is 10.1. The molecule has 0 aliphatic heterocycles. The van der Waals surface area contributed by atoms with Gasteiger partial charge in [-0.05, 0) is 43.5 Å². The number of nitrogens with one attached hydrogen (secondary N) is 1. The molecular formula is C18H22N2O. The van der Waals surface area contributed by atoms with E-state index < -0.39 is 0 Å². The SMILES string of the molecule is Cc1ccc([C@@H](C)NC(=O)CCc2ccc(N)cc2)cc1. The Morgan fingerprint density at radius 3 is 2.33 bits per heavy atom. The van der Waals surface area contributed by atoms with Crippen molar-refractivity contribution in [1.29, 1.82) is 0 Å². The minimum Gasteiger partial charge on any atom is -0.399 e. The Morgan fingerprint density at radius 2 is 1.71 bits per heavy atom. The molecule has 2 aromatic rings. The molecule has 0 saturated carbocycles. The first kappa shape index (κ1) is 15.1. The highest BCUT2D eigenvalue weighted by Gasteiger charge is 2.09. The second-order valence-electron chi connectivity index (χ2n) is 5.44. The van der Waals surface area contributed by atoms with Gasteiger partial charge in [-0.3, -0.25) is 4.79 Å². The van der Waals surface area contributed by atoms with Gasteiger partial charge >= 0.3 is 0 Å². The van der Waals surface area contributed by atoms with E-state index in [0.29, 0.717) is 6.42 Å². The second kappa shape index (κ2) is 6.93. The van der Waals surface area contributed by atoms with Gasteiger partial charge in [-0.25, -0.2) is 0 Å². The molecule has 0 aliphatic rings. The minimum atomic E-state index is 0.0320. The first-order valence-electron chi connectivity index (χ1n) is 7.25. The lowest BCUT2D eigenvalue weighted by molar-refractivity contribution is -0.121. The predicted molar refractivity (Wildman–Crippen MR) is 86.9 cm³/mol. The number of amides is 1. The van der Waals surface area contributed by atoms with Crippen molar-refractivity contribution >= 4 is 11.6 Å². The number of benzene rings is 2. The topological polar surface area (TPSA) is 55.1 Å². The van der Waals surface area contributed by atoms with Crippen molar-refractivity contribution < 1.29 is 4.79 Å². The number of hydrogen-bond acceptors (Lipinski definition) is 2. The van der Waals surface area contributed by atoms with Gasteiger partial charge in [-0.2, -0.15) is 0 Å². The van der Waals surface area contributed by atoms with Crippen molar-refractivity contribution in [3.05, 3.63) is 65.2 Å². The van der Waals surface area contributed by atoms with Gasteiger partial charge in [0.05, 0.1) is 6.04 Å². The summed E-state index contributed by atoms with van der Waals surface area (Å²) >= 11 is 0. The zero-order chi connectivity index (χ0) is 15.2. The molecule has 0 unspecified atom stereocenters. The summed E-state index contributed by atoms with van der Waals surface area (Å²) < 4.78 is 0. The molecular weight excluding hydrogens is 260 g/mol. The molecule has 2 rings (SSSR count). The summed E-state index contributed by atoms with van der Waals surface area (Å²) in [4.78, 5) is 12.0. The third-order valence-electron chi connectivity index (χ3n) is 3.58. The van der Waals surface area contributed by atoms with Gasteiger partial charge in [0.25, 0.3) is 0 Å². The van der Waals surface area contributed by atoms with E-state index >= 15 is 0 Å². The molecule has 110 valence electrons. The van der Waals surface area contributed by atoms with E-state index in [0.717, 1.165) is 23.2 Å². The van der Waals surface area contributed by atoms with Crippen molar-refractivity contribution in [2.75, 3.05) is 5.73 Å². The van der Waals surface area contributed by atoms with Crippen LogP contribution in [-0.2, 0) is 11.2 Å². The van der Waals surface area contributed by atoms with Gasteiger partial charge in [-0.1, -0.05) is 42.0 Å². The normalized spacial score (nSPS) is 11.9. The van der Waals surface area contributed by atoms with Crippen molar-refractivity contribution in [2.45, 2.75) is 32.7 Å². The van der Waals surface area contributed by atoms with Gasteiger partial charge in [0, 0.05) is 12.1 Å². The van der Waals surface area contributed by atoms with Crippen LogP contribution < -0.4 is 11.1 Å². The van der Waals surface area contributed by atoms with E-state index in [-0.39, 0.29) is 11.9 Å². The third-order valence-corrected chi connectivity index (χ3v) is 3.58. The largest absolute Gasteiger partial charge is 0.399 e. The van der Waals surface area contributed by atoms with E-state index in [9.17, 15) is 4.79 Å². The van der Waals surface area contributed by atoms with Crippen LogP contribution in [0.1, 0.15) is 36.1 Å². The molecule has 0 aromatic heterocycles. The van der Waals surface area contributed by atoms with E-state index in [4.69, 9.17) is 5.73 Å². The standard InChI is InChI=1S/C18H22N2O/c1-13-3-8-16(9-4-13)14(2)20-18(21)12-7-15-5-10-17(19)11-6-15/h3-6,8-11,14H,7,12,19H2,1-2H3,(H,20,21)/t14-/m1/s1. The number of hydrogen-bond donors (Lipinski definition) is 2. The minimum absolute atomic E-state index is 0.0320. The highest BCUT2D eigenvalue weighted by molar-refractivity contribution is 5.76. The Kier molecular flexibility index (Phi) is 4.99. The maximum absolute atomic E-state index is 12.0. The van der Waals surface area contributed by atoms with Crippen LogP contribution in [0.25, 0.3) is 0 Å². The highest BCUT2D eigenvalue weighted by Crippen LogP contribution is 2.14. The molecule has 3 N–H and O–H groups in total. The van der Waals surface area contributed by atoms with Crippen molar-refractivity contribution in [3.8, 4) is 0 Å². The van der Waals surface area contributed by atoms with Gasteiger partial charge in [0.1, 0.15) is 0 Å². The number of aryl methyl sites for hydroxylation is 2. The molecule has 0 heterocycles. The van der Waals surface area contributed by atoms with Crippen LogP contribution in [0.2, 0.25) is 0 Å². The average molecular weight is 282 g/mol. The van der Waals surface area contributed by atoms with Gasteiger partial charge in [-0.15, -0.1) is 0 Å². The Morgan fingerprint density at radius 1 is 1.10 bits per heavy atom. The number of nitrogen functional groups attached to an aromatic ring is 1. The van der Waals surface area contributed by atoms with Crippen molar-refractivity contribution in [2.24, 2.45) is 0 Å². The zero-order valence-corrected chi connectivity index (χ0v) is 12.6. The van der Waals surface area contributed by atoms with Crippen LogP contribution in [0.4, 0.5) is 5.69 Å². The van der Waals surface area contributed by atoms with Gasteiger partial charge < -0.3 is 11.1 Å². The van der Waals surface area contributed by atoms with Crippen LogP contribution in [0.3, 0.4) is 0 Å². The number of anilines is 1. The summed E-state index contributed by atoms with van der Waals surface area (Å²) in [6.07, 6.45) is 1.22. The Balaban J connectivity index is 1.83. The molecule has 0 aliphatic carbocycles. The highest BCUT2D eigenvalue weighted by atomic mass is 16.1. The number of nitrogens with two attached hydrogens (primary N) is 1. The molecule has 0 fully saturated rings. The molecule has 0 radical (unpaired) electrons. The Bertz CT molecular complexity index is 588. The van der Waals surface area contributed by atoms with Crippen LogP contribution in [0, 0.1) is 6.92 Å². The molecule has 3 heteroatoms. The van der Waals surface area contributed by atoms with E-state index in [1.807, 2.05) is 31.2 Å². The molecule has 21 heavy (non-hydrogen) atoms. The van der Waals surface area contributed by atoms with Crippen molar-refractivity contribution in [3.63, 3.8) is 0 Å². The van der Waals surface area contributed by atoms with Crippen molar-refractivity contribution in [1.82, 2.24) is 5.32 Å². The van der Waals surface area contributed by atoms with Gasteiger partial charge in [0.15, 0.2) is 0 Å². The first-order chi connectivity index (χ1) is 10.0. The Labute approximate surface area is 126 Å². The summed E-state index contributed by atoms with van der Waals surface area (Å²) in [6.45, 7) is 4.06. The zero-order valence-electron chi connectivity index (χ0n) is 12.6.